The van der Waals surface area contributed by atoms with E-state index in [1.54, 1.807) is 15.6 Å². The molecule has 5 rings (SSSR count). The molecule has 1 fully saturated rings. The molecule has 2 amide bonds. The van der Waals surface area contributed by atoms with Gasteiger partial charge in [-0.3, -0.25) is 19.0 Å². The molecule has 0 atom stereocenters. The summed E-state index contributed by atoms with van der Waals surface area (Å²) in [6.07, 6.45) is 4.03. The van der Waals surface area contributed by atoms with Crippen LogP contribution < -0.4 is 10.6 Å². The zero-order chi connectivity index (χ0) is 26.8. The number of hydrogen-bond acceptors (Lipinski definition) is 6. The molecule has 2 aromatic heterocycles. The summed E-state index contributed by atoms with van der Waals surface area (Å²) in [5.41, 5.74) is 3.57. The molecule has 11 heteroatoms. The van der Waals surface area contributed by atoms with Crippen LogP contribution in [0.1, 0.15) is 24.5 Å². The average molecular weight is 520 g/mol. The molecule has 4 aromatic rings. The van der Waals surface area contributed by atoms with Gasteiger partial charge < -0.3 is 20.3 Å². The molecular formula is C27H30FN7O3. The molecule has 0 spiro atoms. The highest BCUT2D eigenvalue weighted by molar-refractivity contribution is 6.00. The number of hydrogen-bond donors (Lipinski definition) is 2. The summed E-state index contributed by atoms with van der Waals surface area (Å²) < 4.78 is 18.8. The smallest absolute Gasteiger partial charge is 0.242 e. The Kier molecular flexibility index (Phi) is 7.19. The number of rotatable bonds is 8. The van der Waals surface area contributed by atoms with Gasteiger partial charge in [0.2, 0.25) is 11.8 Å². The number of nitrogens with zero attached hydrogens (tertiary/aromatic N) is 5. The maximum Gasteiger partial charge on any atom is 0.242 e. The summed E-state index contributed by atoms with van der Waals surface area (Å²) in [6.45, 7) is 1.40. The minimum Gasteiger partial charge on any atom is -0.348 e. The van der Waals surface area contributed by atoms with E-state index in [0.29, 0.717) is 11.8 Å². The van der Waals surface area contributed by atoms with Crippen molar-refractivity contribution in [1.82, 2.24) is 35.1 Å². The van der Waals surface area contributed by atoms with Gasteiger partial charge in [0.05, 0.1) is 36.0 Å². The Morgan fingerprint density at radius 2 is 1.87 bits per heavy atom. The third kappa shape index (κ3) is 5.01. The van der Waals surface area contributed by atoms with Crippen LogP contribution in [0.4, 0.5) is 4.39 Å². The standard InChI is InChI=1S/C27H30FN7O3/c1-33-9-6-17(7-10-33)27-26-19(20-13-23-18(12-21(20)28)14-31-34(23)2)4-3-5-22(26)35(32-27)16-25(38)30-15-24(37)29-8-11-36/h3-5,11-14,17H,6-10,15-16H2,1-2H3,(H,29,37)(H,30,38). The normalized spacial score (nSPS) is 14.7. The van der Waals surface area contributed by atoms with Gasteiger partial charge in [-0.05, 0) is 56.7 Å². The summed E-state index contributed by atoms with van der Waals surface area (Å²) in [6, 6.07) is 8.93. The largest absolute Gasteiger partial charge is 0.348 e. The highest BCUT2D eigenvalue weighted by Gasteiger charge is 2.27. The van der Waals surface area contributed by atoms with Crippen LogP contribution in [0.2, 0.25) is 0 Å². The lowest BCUT2D eigenvalue weighted by Gasteiger charge is -2.28. The van der Waals surface area contributed by atoms with Crippen molar-refractivity contribution < 1.29 is 18.8 Å². The van der Waals surface area contributed by atoms with Gasteiger partial charge in [0.15, 0.2) is 0 Å². The molecule has 3 heterocycles. The lowest BCUT2D eigenvalue weighted by atomic mass is 9.89. The fraction of sp³-hybridized carbons (Fsp3) is 0.370. The molecule has 2 aromatic carbocycles. The van der Waals surface area contributed by atoms with Crippen LogP contribution in [0.25, 0.3) is 32.9 Å². The van der Waals surface area contributed by atoms with Crippen LogP contribution in [0.3, 0.4) is 0 Å². The Morgan fingerprint density at radius 1 is 1.08 bits per heavy atom. The molecular weight excluding hydrogens is 489 g/mol. The number of amides is 2. The number of fused-ring (bicyclic) bond motifs is 2. The van der Waals surface area contributed by atoms with Crippen molar-refractivity contribution in [2.24, 2.45) is 7.05 Å². The predicted octanol–water partition coefficient (Wildman–Crippen LogP) is 1.97. The second-order valence-electron chi connectivity index (χ2n) is 9.73. The van der Waals surface area contributed by atoms with Gasteiger partial charge in [0, 0.05) is 29.3 Å². The van der Waals surface area contributed by atoms with Gasteiger partial charge in [0.25, 0.3) is 0 Å². The van der Waals surface area contributed by atoms with Gasteiger partial charge in [-0.25, -0.2) is 4.39 Å². The van der Waals surface area contributed by atoms with Gasteiger partial charge in [-0.15, -0.1) is 0 Å². The number of aryl methyl sites for hydroxylation is 1. The maximum absolute atomic E-state index is 15.5. The van der Waals surface area contributed by atoms with E-state index in [1.165, 1.54) is 6.07 Å². The summed E-state index contributed by atoms with van der Waals surface area (Å²) in [5.74, 6) is -1.03. The van der Waals surface area contributed by atoms with Crippen molar-refractivity contribution >= 4 is 39.9 Å². The maximum atomic E-state index is 15.5. The van der Waals surface area contributed by atoms with E-state index in [9.17, 15) is 14.4 Å². The molecule has 0 aliphatic carbocycles. The number of carbonyl (C=O) groups excluding carboxylic acids is 3. The minimum absolute atomic E-state index is 0.100. The molecule has 0 unspecified atom stereocenters. The van der Waals surface area contributed by atoms with Crippen molar-refractivity contribution in [3.8, 4) is 11.1 Å². The fourth-order valence-corrected chi connectivity index (χ4v) is 5.14. The van der Waals surface area contributed by atoms with Crippen molar-refractivity contribution in [2.75, 3.05) is 33.2 Å². The summed E-state index contributed by atoms with van der Waals surface area (Å²) in [4.78, 5) is 37.2. The highest BCUT2D eigenvalue weighted by Crippen LogP contribution is 2.39. The van der Waals surface area contributed by atoms with Crippen LogP contribution in [-0.2, 0) is 28.0 Å². The molecule has 38 heavy (non-hydrogen) atoms. The Labute approximate surface area is 218 Å². The third-order valence-corrected chi connectivity index (χ3v) is 7.16. The molecule has 2 N–H and O–H groups in total. The van der Waals surface area contributed by atoms with Gasteiger partial charge in [0.1, 0.15) is 18.6 Å². The number of likely N-dealkylation sites (tertiary alicyclic amines) is 1. The van der Waals surface area contributed by atoms with Crippen molar-refractivity contribution in [2.45, 2.75) is 25.3 Å². The zero-order valence-corrected chi connectivity index (χ0v) is 21.4. The topological polar surface area (TPSA) is 114 Å². The first kappa shape index (κ1) is 25.5. The molecule has 0 radical (unpaired) electrons. The predicted molar refractivity (Wildman–Crippen MR) is 141 cm³/mol. The number of carbonyl (C=O) groups is 3. The minimum atomic E-state index is -0.453. The third-order valence-electron chi connectivity index (χ3n) is 7.16. The number of nitrogens with one attached hydrogen (secondary N) is 2. The second kappa shape index (κ2) is 10.7. The number of aromatic nitrogens is 4. The molecule has 1 aliphatic rings. The Morgan fingerprint density at radius 3 is 2.63 bits per heavy atom. The highest BCUT2D eigenvalue weighted by atomic mass is 19.1. The summed E-state index contributed by atoms with van der Waals surface area (Å²) >= 11 is 0. The van der Waals surface area contributed by atoms with Crippen molar-refractivity contribution in [3.05, 3.63) is 48.0 Å². The lowest BCUT2D eigenvalue weighted by molar-refractivity contribution is -0.126. The van der Waals surface area contributed by atoms with E-state index < -0.39 is 11.8 Å². The molecule has 0 saturated carbocycles. The molecule has 0 bridgehead atoms. The zero-order valence-electron chi connectivity index (χ0n) is 21.4. The van der Waals surface area contributed by atoms with Crippen LogP contribution in [0.15, 0.2) is 36.5 Å². The molecule has 198 valence electrons. The van der Waals surface area contributed by atoms with E-state index in [2.05, 4.69) is 27.7 Å². The molecule has 1 saturated heterocycles. The average Bonchev–Trinajstić information content (AvgIpc) is 3.46. The fourth-order valence-electron chi connectivity index (χ4n) is 5.14. The van der Waals surface area contributed by atoms with E-state index in [4.69, 9.17) is 5.10 Å². The summed E-state index contributed by atoms with van der Waals surface area (Å²) in [5, 5.41) is 15.7. The first-order valence-corrected chi connectivity index (χ1v) is 12.6. The van der Waals surface area contributed by atoms with E-state index >= 15 is 4.39 Å². The van der Waals surface area contributed by atoms with Crippen LogP contribution in [-0.4, -0.2) is 75.8 Å². The second-order valence-corrected chi connectivity index (χ2v) is 9.73. The summed E-state index contributed by atoms with van der Waals surface area (Å²) in [7, 11) is 3.91. The molecule has 10 nitrogen and oxygen atoms in total. The van der Waals surface area contributed by atoms with Gasteiger partial charge in [-0.2, -0.15) is 10.2 Å². The first-order valence-electron chi connectivity index (χ1n) is 12.6. The van der Waals surface area contributed by atoms with Crippen LogP contribution in [0.5, 0.6) is 0 Å². The Bertz CT molecular complexity index is 1520. The molecule has 1 aliphatic heterocycles. The van der Waals surface area contributed by atoms with Crippen LogP contribution >= 0.6 is 0 Å². The SMILES string of the molecule is CN1CCC(c2nn(CC(=O)NCC(=O)NCC=O)c3cccc(-c4cc5c(cnn5C)cc4F)c23)CC1. The quantitative estimate of drug-likeness (QED) is 0.344. The van der Waals surface area contributed by atoms with E-state index in [1.807, 2.05) is 31.3 Å². The number of benzene rings is 2. The Balaban J connectivity index is 1.55. The van der Waals surface area contributed by atoms with Crippen LogP contribution in [0, 0.1) is 5.82 Å². The van der Waals surface area contributed by atoms with Gasteiger partial charge >= 0.3 is 0 Å². The monoisotopic (exact) mass is 519 g/mol. The van der Waals surface area contributed by atoms with Crippen molar-refractivity contribution in [1.29, 1.82) is 0 Å². The number of aldehydes is 1. The first-order chi connectivity index (χ1) is 18.4. The van der Waals surface area contributed by atoms with E-state index in [-0.39, 0.29) is 31.4 Å². The van der Waals surface area contributed by atoms with Gasteiger partial charge in [-0.1, -0.05) is 12.1 Å². The van der Waals surface area contributed by atoms with Crippen molar-refractivity contribution in [3.63, 3.8) is 0 Å². The lowest BCUT2D eigenvalue weighted by Crippen LogP contribution is -2.39. The number of halogens is 1. The Hall–Kier alpha value is -4.12. The number of piperidine rings is 1. The van der Waals surface area contributed by atoms with E-state index in [0.717, 1.165) is 59.0 Å².